The lowest BCUT2D eigenvalue weighted by Crippen LogP contribution is -2.41. The van der Waals surface area contributed by atoms with Gasteiger partial charge >= 0.3 is 0 Å². The van der Waals surface area contributed by atoms with Gasteiger partial charge in [-0.2, -0.15) is 0 Å². The van der Waals surface area contributed by atoms with Crippen LogP contribution in [-0.4, -0.2) is 21.2 Å². The molecule has 0 fully saturated rings. The minimum atomic E-state index is -1.61. The minimum absolute atomic E-state index is 0.176. The topological polar surface area (TPSA) is 26.3 Å². The maximum atomic E-state index is 10.6. The van der Waals surface area contributed by atoms with E-state index in [1.807, 2.05) is 6.92 Å². The lowest BCUT2D eigenvalue weighted by atomic mass is 10.1. The van der Waals surface area contributed by atoms with Crippen molar-refractivity contribution in [3.05, 3.63) is 0 Å². The van der Waals surface area contributed by atoms with Gasteiger partial charge in [-0.15, -0.1) is 0 Å². The zero-order chi connectivity index (χ0) is 12.1. The molecule has 2 nitrogen and oxygen atoms in total. The van der Waals surface area contributed by atoms with Gasteiger partial charge in [0, 0.05) is 12.5 Å². The van der Waals surface area contributed by atoms with Crippen molar-refractivity contribution >= 4 is 14.6 Å². The van der Waals surface area contributed by atoms with Gasteiger partial charge in [0.05, 0.1) is 0 Å². The molecule has 1 atom stereocenters. The molecular formula is C12H26O2Si. The molecule has 0 aliphatic carbocycles. The molecule has 0 rings (SSSR count). The lowest BCUT2D eigenvalue weighted by molar-refractivity contribution is -0.111. The third-order valence-corrected chi connectivity index (χ3v) is 8.01. The monoisotopic (exact) mass is 230 g/mol. The third kappa shape index (κ3) is 4.93. The van der Waals surface area contributed by atoms with Crippen LogP contribution < -0.4 is 0 Å². The van der Waals surface area contributed by atoms with Crippen LogP contribution in [0.15, 0.2) is 0 Å². The predicted octanol–water partition coefficient (Wildman–Crippen LogP) is 3.62. The molecule has 0 bridgehead atoms. The van der Waals surface area contributed by atoms with Gasteiger partial charge in [-0.05, 0) is 31.0 Å². The summed E-state index contributed by atoms with van der Waals surface area (Å²) in [6, 6.07) is 0. The first-order valence-corrected chi connectivity index (χ1v) is 8.74. The third-order valence-electron chi connectivity index (χ3n) is 3.47. The predicted molar refractivity (Wildman–Crippen MR) is 67.6 cm³/mol. The zero-order valence-electron chi connectivity index (χ0n) is 11.1. The molecule has 3 heteroatoms. The van der Waals surface area contributed by atoms with Gasteiger partial charge in [0.1, 0.15) is 6.29 Å². The maximum absolute atomic E-state index is 10.6. The first-order valence-electron chi connectivity index (χ1n) is 5.84. The molecule has 0 radical (unpaired) electrons. The second kappa shape index (κ2) is 5.80. The van der Waals surface area contributed by atoms with Crippen molar-refractivity contribution in [1.82, 2.24) is 0 Å². The molecule has 0 unspecified atom stereocenters. The van der Waals surface area contributed by atoms with Gasteiger partial charge in [0.25, 0.3) is 0 Å². The van der Waals surface area contributed by atoms with E-state index in [1.54, 1.807) is 0 Å². The van der Waals surface area contributed by atoms with Crippen molar-refractivity contribution in [1.29, 1.82) is 0 Å². The normalized spacial score (nSPS) is 15.1. The largest absolute Gasteiger partial charge is 0.417 e. The molecule has 0 aromatic carbocycles. The van der Waals surface area contributed by atoms with Gasteiger partial charge in [0.2, 0.25) is 0 Å². The van der Waals surface area contributed by atoms with E-state index in [0.29, 0.717) is 0 Å². The molecule has 90 valence electrons. The smallest absolute Gasteiger partial charge is 0.191 e. The summed E-state index contributed by atoms with van der Waals surface area (Å²) < 4.78 is 6.01. The fourth-order valence-corrected chi connectivity index (χ4v) is 2.11. The van der Waals surface area contributed by atoms with E-state index in [9.17, 15) is 4.79 Å². The number of rotatable bonds is 6. The average Bonchev–Trinajstić information content (AvgIpc) is 2.10. The summed E-state index contributed by atoms with van der Waals surface area (Å²) in [6.45, 7) is 14.0. The highest BCUT2D eigenvalue weighted by Crippen LogP contribution is 2.36. The van der Waals surface area contributed by atoms with Crippen LogP contribution in [0.25, 0.3) is 0 Å². The standard InChI is InChI=1S/C12H26O2Si/c1-7-11(10-13)8-9-14-15(5,6)12(2,3)4/h10-11H,7-9H2,1-6H3/t11-/m1/s1. The Labute approximate surface area is 95.5 Å². The summed E-state index contributed by atoms with van der Waals surface area (Å²) in [5.41, 5.74) is 0. The van der Waals surface area contributed by atoms with Crippen LogP contribution in [0.4, 0.5) is 0 Å². The molecule has 0 aliphatic rings. The van der Waals surface area contributed by atoms with Crippen LogP contribution in [0.5, 0.6) is 0 Å². The summed E-state index contributed by atoms with van der Waals surface area (Å²) >= 11 is 0. The first-order chi connectivity index (χ1) is 6.74. The highest BCUT2D eigenvalue weighted by atomic mass is 28.4. The fourth-order valence-electron chi connectivity index (χ4n) is 1.05. The van der Waals surface area contributed by atoms with Crippen LogP contribution in [0.1, 0.15) is 40.5 Å². The van der Waals surface area contributed by atoms with Crippen LogP contribution in [0, 0.1) is 5.92 Å². The van der Waals surface area contributed by atoms with Crippen molar-refractivity contribution in [2.24, 2.45) is 5.92 Å². The van der Waals surface area contributed by atoms with E-state index in [-0.39, 0.29) is 11.0 Å². The van der Waals surface area contributed by atoms with Crippen molar-refractivity contribution in [3.8, 4) is 0 Å². The van der Waals surface area contributed by atoms with E-state index in [4.69, 9.17) is 4.43 Å². The quantitative estimate of drug-likeness (QED) is 0.514. The van der Waals surface area contributed by atoms with Crippen molar-refractivity contribution < 1.29 is 9.22 Å². The Morgan fingerprint density at radius 2 is 1.87 bits per heavy atom. The number of hydrogen-bond donors (Lipinski definition) is 0. The van der Waals surface area contributed by atoms with E-state index in [0.717, 1.165) is 25.7 Å². The Balaban J connectivity index is 4.00. The molecule has 0 saturated carbocycles. The summed E-state index contributed by atoms with van der Waals surface area (Å²) in [6.07, 6.45) is 2.84. The molecular weight excluding hydrogens is 204 g/mol. The number of aldehydes is 1. The number of carbonyl (C=O) groups excluding carboxylic acids is 1. The maximum Gasteiger partial charge on any atom is 0.191 e. The Bertz CT molecular complexity index is 194. The molecule has 0 aromatic rings. The Morgan fingerprint density at radius 3 is 2.20 bits per heavy atom. The second-order valence-electron chi connectivity index (χ2n) is 5.70. The minimum Gasteiger partial charge on any atom is -0.417 e. The lowest BCUT2D eigenvalue weighted by Gasteiger charge is -2.36. The molecule has 0 aromatic heterocycles. The zero-order valence-corrected chi connectivity index (χ0v) is 12.1. The highest BCUT2D eigenvalue weighted by Gasteiger charge is 2.36. The van der Waals surface area contributed by atoms with Gasteiger partial charge in [-0.1, -0.05) is 27.7 Å². The van der Waals surface area contributed by atoms with E-state index in [1.165, 1.54) is 0 Å². The summed E-state index contributed by atoms with van der Waals surface area (Å²) in [7, 11) is -1.61. The summed E-state index contributed by atoms with van der Waals surface area (Å²) in [5.74, 6) is 0.176. The Kier molecular flexibility index (Phi) is 5.74. The van der Waals surface area contributed by atoms with E-state index >= 15 is 0 Å². The fraction of sp³-hybridized carbons (Fsp3) is 0.917. The van der Waals surface area contributed by atoms with E-state index in [2.05, 4.69) is 33.9 Å². The SMILES string of the molecule is CC[C@@H](C=O)CCO[Si](C)(C)C(C)(C)C. The van der Waals surface area contributed by atoms with Gasteiger partial charge in [-0.3, -0.25) is 0 Å². The van der Waals surface area contributed by atoms with Crippen LogP contribution in [0.2, 0.25) is 18.1 Å². The average molecular weight is 230 g/mol. The van der Waals surface area contributed by atoms with Gasteiger partial charge in [-0.25, -0.2) is 0 Å². The summed E-state index contributed by atoms with van der Waals surface area (Å²) in [5, 5.41) is 0.260. The Morgan fingerprint density at radius 1 is 1.33 bits per heavy atom. The van der Waals surface area contributed by atoms with E-state index < -0.39 is 8.32 Å². The second-order valence-corrected chi connectivity index (χ2v) is 10.5. The van der Waals surface area contributed by atoms with Crippen molar-refractivity contribution in [3.63, 3.8) is 0 Å². The molecule has 0 heterocycles. The summed E-state index contributed by atoms with van der Waals surface area (Å²) in [4.78, 5) is 10.6. The number of hydrogen-bond acceptors (Lipinski definition) is 2. The van der Waals surface area contributed by atoms with Crippen LogP contribution >= 0.6 is 0 Å². The van der Waals surface area contributed by atoms with Crippen LogP contribution in [0.3, 0.4) is 0 Å². The molecule has 0 N–H and O–H groups in total. The van der Waals surface area contributed by atoms with Gasteiger partial charge < -0.3 is 9.22 Å². The number of carbonyl (C=O) groups is 1. The molecule has 0 spiro atoms. The highest BCUT2D eigenvalue weighted by molar-refractivity contribution is 6.74. The first kappa shape index (κ1) is 14.8. The van der Waals surface area contributed by atoms with Gasteiger partial charge in [0.15, 0.2) is 8.32 Å². The molecule has 0 saturated heterocycles. The molecule has 0 amide bonds. The molecule has 15 heavy (non-hydrogen) atoms. The molecule has 0 aliphatic heterocycles. The van der Waals surface area contributed by atoms with Crippen LogP contribution in [-0.2, 0) is 9.22 Å². The van der Waals surface area contributed by atoms with Crippen molar-refractivity contribution in [2.75, 3.05) is 6.61 Å². The Hall–Kier alpha value is -0.153. The van der Waals surface area contributed by atoms with Crippen molar-refractivity contribution in [2.45, 2.75) is 58.7 Å².